The topological polar surface area (TPSA) is 49.9 Å². The zero-order valence-corrected chi connectivity index (χ0v) is 9.94. The van der Waals surface area contributed by atoms with Gasteiger partial charge in [0.1, 0.15) is 11.9 Å². The van der Waals surface area contributed by atoms with E-state index in [4.69, 9.17) is 0 Å². The molecule has 1 aliphatic heterocycles. The molecule has 0 aromatic carbocycles. The van der Waals surface area contributed by atoms with Crippen molar-refractivity contribution in [2.75, 3.05) is 20.1 Å². The second kappa shape index (κ2) is 4.74. The molecule has 0 unspecified atom stereocenters. The van der Waals surface area contributed by atoms with E-state index in [0.717, 1.165) is 30.1 Å². The molecule has 0 aliphatic carbocycles. The lowest BCUT2D eigenvalue weighted by Gasteiger charge is -2.22. The quantitative estimate of drug-likeness (QED) is 0.784. The molecule has 0 atom stereocenters. The van der Waals surface area contributed by atoms with Crippen LogP contribution in [-0.4, -0.2) is 34.7 Å². The predicted octanol–water partition coefficient (Wildman–Crippen LogP) is 1.23. The monoisotopic (exact) mass is 223 g/mol. The van der Waals surface area contributed by atoms with Crippen LogP contribution in [0.5, 0.6) is 0 Å². The van der Waals surface area contributed by atoms with Crippen LogP contribution in [0.4, 0.5) is 5.69 Å². The summed E-state index contributed by atoms with van der Waals surface area (Å²) < 4.78 is 2.79. The Morgan fingerprint density at radius 1 is 1.56 bits per heavy atom. The molecule has 16 heavy (non-hydrogen) atoms. The summed E-state index contributed by atoms with van der Waals surface area (Å²) in [5.74, 6) is 0.686. The van der Waals surface area contributed by atoms with Crippen molar-refractivity contribution in [3.05, 3.63) is 16.8 Å². The summed E-state index contributed by atoms with van der Waals surface area (Å²) >= 11 is 0. The smallest absolute Gasteiger partial charge is 0.296 e. The highest BCUT2D eigenvalue weighted by molar-refractivity contribution is 5.30. The van der Waals surface area contributed by atoms with Crippen molar-refractivity contribution in [2.24, 2.45) is 5.92 Å². The van der Waals surface area contributed by atoms with Gasteiger partial charge in [-0.25, -0.2) is 0 Å². The lowest BCUT2D eigenvalue weighted by Crippen LogP contribution is -2.30. The van der Waals surface area contributed by atoms with Crippen molar-refractivity contribution in [3.8, 4) is 0 Å². The fourth-order valence-corrected chi connectivity index (χ4v) is 2.24. The molecule has 1 saturated heterocycles. The summed E-state index contributed by atoms with van der Waals surface area (Å²) in [6, 6.07) is 0. The van der Waals surface area contributed by atoms with Crippen molar-refractivity contribution >= 4 is 5.69 Å². The Hall–Kier alpha value is -1.23. The molecule has 0 bridgehead atoms. The first-order valence-electron chi connectivity index (χ1n) is 5.82. The first-order chi connectivity index (χ1) is 7.66. The molecule has 1 aromatic rings. The molecule has 5 nitrogen and oxygen atoms in total. The van der Waals surface area contributed by atoms with Crippen LogP contribution in [0.2, 0.25) is 0 Å². The van der Waals surface area contributed by atoms with Gasteiger partial charge in [-0.15, -0.1) is 0 Å². The zero-order chi connectivity index (χ0) is 11.5. The standard InChI is InChI=1S/C11H19N4O/c1-9-11(14(2)16)8-15(13-9)7-10-3-5-12-6-4-10/h8,10,12H,3-7H2,1-2H3/q+1. The van der Waals surface area contributed by atoms with Gasteiger partial charge in [-0.05, 0) is 38.8 Å². The van der Waals surface area contributed by atoms with E-state index >= 15 is 0 Å². The van der Waals surface area contributed by atoms with Gasteiger partial charge in [-0.2, -0.15) is 5.10 Å². The average molecular weight is 223 g/mol. The number of aromatic nitrogens is 2. The van der Waals surface area contributed by atoms with Gasteiger partial charge in [0.05, 0.1) is 0 Å². The van der Waals surface area contributed by atoms with E-state index in [-0.39, 0.29) is 0 Å². The first-order valence-corrected chi connectivity index (χ1v) is 5.82. The van der Waals surface area contributed by atoms with E-state index in [1.54, 1.807) is 0 Å². The summed E-state index contributed by atoms with van der Waals surface area (Å²) in [6.45, 7) is 5.00. The van der Waals surface area contributed by atoms with E-state index < -0.39 is 0 Å². The molecular weight excluding hydrogens is 204 g/mol. The maximum Gasteiger partial charge on any atom is 0.296 e. The number of hydrogen-bond acceptors (Lipinski definition) is 3. The molecule has 1 N–H and O–H groups in total. The second-order valence-corrected chi connectivity index (χ2v) is 4.51. The SMILES string of the molecule is Cc1nn(CC2CCNCC2)cc1[N+](C)=O. The summed E-state index contributed by atoms with van der Waals surface area (Å²) in [4.78, 5) is 11.2. The van der Waals surface area contributed by atoms with Crippen LogP contribution in [0, 0.1) is 17.7 Å². The van der Waals surface area contributed by atoms with Crippen LogP contribution in [0.1, 0.15) is 18.5 Å². The number of piperidine rings is 1. The lowest BCUT2D eigenvalue weighted by molar-refractivity contribution is -0.428. The minimum absolute atomic E-state index is 0.675. The van der Waals surface area contributed by atoms with Gasteiger partial charge in [0.15, 0.2) is 7.05 Å². The van der Waals surface area contributed by atoms with Crippen molar-refractivity contribution in [3.63, 3.8) is 0 Å². The van der Waals surface area contributed by atoms with Crippen LogP contribution >= 0.6 is 0 Å². The normalized spacial score (nSPS) is 17.6. The summed E-state index contributed by atoms with van der Waals surface area (Å²) in [6.07, 6.45) is 4.24. The summed E-state index contributed by atoms with van der Waals surface area (Å²) in [5.41, 5.74) is 1.49. The van der Waals surface area contributed by atoms with Crippen molar-refractivity contribution in [2.45, 2.75) is 26.3 Å². The van der Waals surface area contributed by atoms with Gasteiger partial charge in [0.25, 0.3) is 5.69 Å². The largest absolute Gasteiger partial charge is 0.317 e. The van der Waals surface area contributed by atoms with Crippen LogP contribution < -0.4 is 5.32 Å². The molecule has 5 heteroatoms. The van der Waals surface area contributed by atoms with Gasteiger partial charge in [0.2, 0.25) is 0 Å². The van der Waals surface area contributed by atoms with E-state index in [2.05, 4.69) is 10.4 Å². The Morgan fingerprint density at radius 2 is 2.25 bits per heavy atom. The Balaban J connectivity index is 2.03. The van der Waals surface area contributed by atoms with E-state index in [0.29, 0.717) is 11.6 Å². The van der Waals surface area contributed by atoms with Crippen molar-refractivity contribution < 1.29 is 4.76 Å². The third kappa shape index (κ3) is 2.47. The molecule has 1 fully saturated rings. The first kappa shape index (κ1) is 11.3. The van der Waals surface area contributed by atoms with Gasteiger partial charge in [0, 0.05) is 16.2 Å². The van der Waals surface area contributed by atoms with Gasteiger partial charge >= 0.3 is 0 Å². The van der Waals surface area contributed by atoms with Crippen LogP contribution in [0.15, 0.2) is 6.20 Å². The van der Waals surface area contributed by atoms with Gasteiger partial charge in [-0.3, -0.25) is 4.68 Å². The number of nitrogens with one attached hydrogen (secondary N) is 1. The Morgan fingerprint density at radius 3 is 2.81 bits per heavy atom. The predicted molar refractivity (Wildman–Crippen MR) is 61.8 cm³/mol. The van der Waals surface area contributed by atoms with E-state index in [1.807, 2.05) is 17.8 Å². The molecule has 0 radical (unpaired) electrons. The maximum atomic E-state index is 11.2. The fraction of sp³-hybridized carbons (Fsp3) is 0.727. The highest BCUT2D eigenvalue weighted by atomic mass is 16.3. The molecule has 1 aliphatic rings. The molecule has 88 valence electrons. The molecule has 0 spiro atoms. The number of nitrogens with zero attached hydrogens (tertiary/aromatic N) is 3. The number of hydrogen-bond donors (Lipinski definition) is 1. The number of aryl methyl sites for hydroxylation is 1. The van der Waals surface area contributed by atoms with Crippen molar-refractivity contribution in [1.29, 1.82) is 0 Å². The molecule has 0 amide bonds. The van der Waals surface area contributed by atoms with Crippen LogP contribution in [-0.2, 0) is 6.54 Å². The van der Waals surface area contributed by atoms with Crippen molar-refractivity contribution in [1.82, 2.24) is 15.1 Å². The summed E-state index contributed by atoms with van der Waals surface area (Å²) in [7, 11) is 1.51. The Kier molecular flexibility index (Phi) is 3.33. The Labute approximate surface area is 95.4 Å². The third-order valence-electron chi connectivity index (χ3n) is 3.16. The Bertz CT molecular complexity index is 379. The second-order valence-electron chi connectivity index (χ2n) is 4.51. The van der Waals surface area contributed by atoms with E-state index in [1.165, 1.54) is 19.9 Å². The molecule has 2 rings (SSSR count). The molecular formula is C11H19N4O+. The fourth-order valence-electron chi connectivity index (χ4n) is 2.24. The van der Waals surface area contributed by atoms with Gasteiger partial charge in [-0.1, -0.05) is 0 Å². The average Bonchev–Trinajstić information content (AvgIpc) is 2.61. The lowest BCUT2D eigenvalue weighted by atomic mass is 9.98. The maximum absolute atomic E-state index is 11.2. The minimum atomic E-state index is 0.675. The van der Waals surface area contributed by atoms with E-state index in [9.17, 15) is 4.91 Å². The third-order valence-corrected chi connectivity index (χ3v) is 3.16. The van der Waals surface area contributed by atoms with Crippen LogP contribution in [0.25, 0.3) is 0 Å². The number of rotatable bonds is 3. The van der Waals surface area contributed by atoms with Crippen LogP contribution in [0.3, 0.4) is 0 Å². The highest BCUT2D eigenvalue weighted by Gasteiger charge is 2.19. The zero-order valence-electron chi connectivity index (χ0n) is 9.94. The molecule has 2 heterocycles. The molecule has 0 saturated carbocycles. The number of nitroso groups, excluding NO2 is 1. The highest BCUT2D eigenvalue weighted by Crippen LogP contribution is 2.18. The molecule has 1 aromatic heterocycles. The minimum Gasteiger partial charge on any atom is -0.317 e. The van der Waals surface area contributed by atoms with Gasteiger partial charge < -0.3 is 5.32 Å². The summed E-state index contributed by atoms with van der Waals surface area (Å²) in [5, 5.41) is 7.73.